The zero-order valence-corrected chi connectivity index (χ0v) is 17.9. The van der Waals surface area contributed by atoms with E-state index in [1.165, 1.54) is 18.2 Å². The van der Waals surface area contributed by atoms with Crippen molar-refractivity contribution in [2.24, 2.45) is 0 Å². The molecule has 2 N–H and O–H groups in total. The normalized spacial score (nSPS) is 15.7. The fraction of sp³-hybridized carbons (Fsp3) is 0.524. The van der Waals surface area contributed by atoms with E-state index in [0.29, 0.717) is 18.1 Å². The van der Waals surface area contributed by atoms with Gasteiger partial charge in [0.05, 0.1) is 5.25 Å². The van der Waals surface area contributed by atoms with Gasteiger partial charge in [0.2, 0.25) is 5.91 Å². The molecule has 0 saturated heterocycles. The van der Waals surface area contributed by atoms with Crippen LogP contribution in [0, 0.1) is 0 Å². The standard InChI is InChI=1S/C21H29N5O2S/c1-3-26-18(14-16-10-6-4-7-11-16)24-25-21(26)29-15(2)19(27)23-20(28)22-17-12-8-5-9-13-17/h4,6-7,10-11,15,17H,3,5,8-9,12-14H2,1-2H3,(H2,22,23,27,28). The summed E-state index contributed by atoms with van der Waals surface area (Å²) in [6, 6.07) is 9.87. The highest BCUT2D eigenvalue weighted by Crippen LogP contribution is 2.23. The molecular formula is C21H29N5O2S. The molecule has 1 aliphatic rings. The number of hydrogen-bond acceptors (Lipinski definition) is 5. The average molecular weight is 416 g/mol. The Labute approximate surface area is 176 Å². The number of urea groups is 1. The van der Waals surface area contributed by atoms with Crippen molar-refractivity contribution in [2.75, 3.05) is 0 Å². The van der Waals surface area contributed by atoms with Gasteiger partial charge in [0, 0.05) is 19.0 Å². The van der Waals surface area contributed by atoms with Gasteiger partial charge in [0.1, 0.15) is 5.82 Å². The lowest BCUT2D eigenvalue weighted by Gasteiger charge is -2.23. The molecule has 1 aromatic heterocycles. The van der Waals surface area contributed by atoms with Crippen molar-refractivity contribution in [3.05, 3.63) is 41.7 Å². The van der Waals surface area contributed by atoms with Crippen LogP contribution in [0.1, 0.15) is 57.3 Å². The van der Waals surface area contributed by atoms with Crippen LogP contribution in [0.2, 0.25) is 0 Å². The molecule has 0 spiro atoms. The third kappa shape index (κ3) is 6.06. The molecular weight excluding hydrogens is 386 g/mol. The molecule has 156 valence electrons. The minimum absolute atomic E-state index is 0.170. The minimum Gasteiger partial charge on any atom is -0.335 e. The highest BCUT2D eigenvalue weighted by molar-refractivity contribution is 8.00. The number of hydrogen-bond donors (Lipinski definition) is 2. The first-order chi connectivity index (χ1) is 14.1. The highest BCUT2D eigenvalue weighted by Gasteiger charge is 2.23. The van der Waals surface area contributed by atoms with Crippen molar-refractivity contribution in [3.63, 3.8) is 0 Å². The first kappa shape index (κ1) is 21.4. The quantitative estimate of drug-likeness (QED) is 0.676. The lowest BCUT2D eigenvalue weighted by molar-refractivity contribution is -0.119. The Morgan fingerprint density at radius 3 is 2.59 bits per heavy atom. The molecule has 2 aromatic rings. The monoisotopic (exact) mass is 415 g/mol. The van der Waals surface area contributed by atoms with Gasteiger partial charge in [-0.15, -0.1) is 10.2 Å². The van der Waals surface area contributed by atoms with E-state index in [1.54, 1.807) is 6.92 Å². The molecule has 3 amide bonds. The van der Waals surface area contributed by atoms with E-state index in [4.69, 9.17) is 0 Å². The highest BCUT2D eigenvalue weighted by atomic mass is 32.2. The predicted molar refractivity (Wildman–Crippen MR) is 114 cm³/mol. The zero-order valence-electron chi connectivity index (χ0n) is 17.1. The summed E-state index contributed by atoms with van der Waals surface area (Å²) in [5.74, 6) is 0.544. The van der Waals surface area contributed by atoms with E-state index in [1.807, 2.05) is 29.7 Å². The number of carbonyl (C=O) groups is 2. The molecule has 7 nitrogen and oxygen atoms in total. The third-order valence-electron chi connectivity index (χ3n) is 5.14. The maximum absolute atomic E-state index is 12.4. The molecule has 0 radical (unpaired) electrons. The first-order valence-corrected chi connectivity index (χ1v) is 11.2. The van der Waals surface area contributed by atoms with Crippen molar-refractivity contribution in [2.45, 2.75) is 75.4 Å². The summed E-state index contributed by atoms with van der Waals surface area (Å²) >= 11 is 1.32. The van der Waals surface area contributed by atoms with Crippen molar-refractivity contribution in [1.29, 1.82) is 0 Å². The summed E-state index contributed by atoms with van der Waals surface area (Å²) in [4.78, 5) is 24.6. The lowest BCUT2D eigenvalue weighted by Crippen LogP contribution is -2.47. The summed E-state index contributed by atoms with van der Waals surface area (Å²) in [6.45, 7) is 4.53. The summed E-state index contributed by atoms with van der Waals surface area (Å²) in [5, 5.41) is 14.2. The zero-order chi connectivity index (χ0) is 20.6. The summed E-state index contributed by atoms with van der Waals surface area (Å²) in [7, 11) is 0. The molecule has 8 heteroatoms. The van der Waals surface area contributed by atoms with Gasteiger partial charge in [0.15, 0.2) is 5.16 Å². The van der Waals surface area contributed by atoms with Gasteiger partial charge in [-0.2, -0.15) is 0 Å². The van der Waals surface area contributed by atoms with Crippen molar-refractivity contribution in [1.82, 2.24) is 25.4 Å². The SMILES string of the molecule is CCn1c(Cc2ccccc2)nnc1SC(C)C(=O)NC(=O)NC1CCCCC1. The van der Waals surface area contributed by atoms with Gasteiger partial charge >= 0.3 is 6.03 Å². The minimum atomic E-state index is -0.453. The van der Waals surface area contributed by atoms with Gasteiger partial charge in [-0.25, -0.2) is 4.79 Å². The van der Waals surface area contributed by atoms with Gasteiger partial charge in [-0.3, -0.25) is 10.1 Å². The topological polar surface area (TPSA) is 88.9 Å². The Bertz CT molecular complexity index is 818. The number of rotatable bonds is 7. The van der Waals surface area contributed by atoms with Crippen molar-refractivity contribution >= 4 is 23.7 Å². The Hall–Kier alpha value is -2.35. The van der Waals surface area contributed by atoms with Crippen LogP contribution in [0.15, 0.2) is 35.5 Å². The fourth-order valence-corrected chi connectivity index (χ4v) is 4.46. The molecule has 1 atom stereocenters. The van der Waals surface area contributed by atoms with Crippen LogP contribution in [-0.4, -0.2) is 38.0 Å². The maximum Gasteiger partial charge on any atom is 0.321 e. The molecule has 0 bridgehead atoms. The number of carbonyl (C=O) groups excluding carboxylic acids is 2. The summed E-state index contributed by atoms with van der Waals surface area (Å²) in [5.41, 5.74) is 1.16. The Balaban J connectivity index is 1.55. The second-order valence-electron chi connectivity index (χ2n) is 7.36. The van der Waals surface area contributed by atoms with E-state index >= 15 is 0 Å². The van der Waals surface area contributed by atoms with Gasteiger partial charge in [0.25, 0.3) is 0 Å². The van der Waals surface area contributed by atoms with Gasteiger partial charge < -0.3 is 9.88 Å². The summed E-state index contributed by atoms with van der Waals surface area (Å²) in [6.07, 6.45) is 6.13. The van der Waals surface area contributed by atoms with Crippen LogP contribution in [0.3, 0.4) is 0 Å². The smallest absolute Gasteiger partial charge is 0.321 e. The maximum atomic E-state index is 12.4. The largest absolute Gasteiger partial charge is 0.335 e. The lowest BCUT2D eigenvalue weighted by atomic mass is 9.96. The van der Waals surface area contributed by atoms with E-state index in [9.17, 15) is 9.59 Å². The van der Waals surface area contributed by atoms with E-state index in [2.05, 4.69) is 33.0 Å². The average Bonchev–Trinajstić information content (AvgIpc) is 3.10. The number of amides is 3. The molecule has 1 unspecified atom stereocenters. The van der Waals surface area contributed by atoms with Crippen molar-refractivity contribution < 1.29 is 9.59 Å². The first-order valence-electron chi connectivity index (χ1n) is 10.3. The Kier molecular flexibility index (Phi) is 7.69. The molecule has 3 rings (SSSR count). The number of imide groups is 1. The predicted octanol–water partition coefficient (Wildman–Crippen LogP) is 3.53. The van der Waals surface area contributed by atoms with Crippen LogP contribution >= 0.6 is 11.8 Å². The molecule has 0 aliphatic heterocycles. The van der Waals surface area contributed by atoms with Crippen LogP contribution in [0.5, 0.6) is 0 Å². The van der Waals surface area contributed by atoms with Gasteiger partial charge in [-0.1, -0.05) is 61.4 Å². The number of nitrogens with zero attached hydrogens (tertiary/aromatic N) is 3. The number of thioether (sulfide) groups is 1. The number of aromatic nitrogens is 3. The molecule has 1 fully saturated rings. The fourth-order valence-electron chi connectivity index (χ4n) is 3.53. The van der Waals surface area contributed by atoms with Crippen LogP contribution in [0.4, 0.5) is 4.79 Å². The molecule has 1 saturated carbocycles. The molecule has 1 heterocycles. The Morgan fingerprint density at radius 2 is 1.90 bits per heavy atom. The van der Waals surface area contributed by atoms with Crippen molar-refractivity contribution in [3.8, 4) is 0 Å². The number of nitrogens with one attached hydrogen (secondary N) is 2. The van der Waals surface area contributed by atoms with E-state index in [0.717, 1.165) is 37.1 Å². The van der Waals surface area contributed by atoms with Crippen LogP contribution in [-0.2, 0) is 17.8 Å². The molecule has 1 aromatic carbocycles. The second-order valence-corrected chi connectivity index (χ2v) is 8.67. The number of benzene rings is 1. The second kappa shape index (κ2) is 10.4. The van der Waals surface area contributed by atoms with Gasteiger partial charge in [-0.05, 0) is 32.3 Å². The van der Waals surface area contributed by atoms with E-state index in [-0.39, 0.29) is 11.9 Å². The summed E-state index contributed by atoms with van der Waals surface area (Å²) < 4.78 is 2.02. The van der Waals surface area contributed by atoms with E-state index < -0.39 is 11.3 Å². The molecule has 29 heavy (non-hydrogen) atoms. The van der Waals surface area contributed by atoms with Crippen LogP contribution < -0.4 is 10.6 Å². The third-order valence-corrected chi connectivity index (χ3v) is 6.22. The Morgan fingerprint density at radius 1 is 1.17 bits per heavy atom. The molecule has 1 aliphatic carbocycles. The van der Waals surface area contributed by atoms with Crippen LogP contribution in [0.25, 0.3) is 0 Å².